The molecule has 20 heavy (non-hydrogen) atoms. The fraction of sp³-hybridized carbons (Fsp3) is 0.625. The van der Waals surface area contributed by atoms with E-state index < -0.39 is 5.82 Å². The van der Waals surface area contributed by atoms with Gasteiger partial charge in [0, 0.05) is 11.1 Å². The van der Waals surface area contributed by atoms with Gasteiger partial charge in [0.2, 0.25) is 0 Å². The lowest BCUT2D eigenvalue weighted by molar-refractivity contribution is 0.268. The van der Waals surface area contributed by atoms with Gasteiger partial charge in [0.1, 0.15) is 5.82 Å². The monoisotopic (exact) mass is 317 g/mol. The lowest BCUT2D eigenvalue weighted by atomic mass is 9.82. The molecular formula is C16H22Cl2FN. The second kappa shape index (κ2) is 7.11. The Bertz CT molecular complexity index is 464. The van der Waals surface area contributed by atoms with Crippen LogP contribution in [0.25, 0.3) is 0 Å². The van der Waals surface area contributed by atoms with Crippen molar-refractivity contribution in [2.24, 2.45) is 11.8 Å². The first kappa shape index (κ1) is 16.1. The van der Waals surface area contributed by atoms with Crippen molar-refractivity contribution in [2.75, 3.05) is 6.54 Å². The standard InChI is InChI=1S/C16H22Cl2FN/c1-10-4-3-5-12(6-10)9-20-11(2)13-7-16(19)15(18)8-14(13)17/h7-8,10-12,20H,3-6,9H2,1-2H3. The van der Waals surface area contributed by atoms with Gasteiger partial charge in [-0.2, -0.15) is 0 Å². The van der Waals surface area contributed by atoms with Gasteiger partial charge >= 0.3 is 0 Å². The van der Waals surface area contributed by atoms with Gasteiger partial charge in [0.25, 0.3) is 0 Å². The highest BCUT2D eigenvalue weighted by atomic mass is 35.5. The van der Waals surface area contributed by atoms with Crippen molar-refractivity contribution < 1.29 is 4.39 Å². The van der Waals surface area contributed by atoms with E-state index in [1.165, 1.54) is 37.8 Å². The molecular weight excluding hydrogens is 296 g/mol. The minimum absolute atomic E-state index is 0.0338. The first-order chi connectivity index (χ1) is 9.47. The van der Waals surface area contributed by atoms with Crippen LogP contribution < -0.4 is 5.32 Å². The van der Waals surface area contributed by atoms with Crippen LogP contribution in [-0.2, 0) is 0 Å². The van der Waals surface area contributed by atoms with E-state index in [-0.39, 0.29) is 11.1 Å². The Kier molecular flexibility index (Phi) is 5.71. The van der Waals surface area contributed by atoms with Crippen molar-refractivity contribution in [1.82, 2.24) is 5.32 Å². The van der Waals surface area contributed by atoms with Crippen LogP contribution in [0.1, 0.15) is 51.1 Å². The number of hydrogen-bond donors (Lipinski definition) is 1. The van der Waals surface area contributed by atoms with E-state index in [0.29, 0.717) is 5.02 Å². The number of benzene rings is 1. The third-order valence-corrected chi connectivity index (χ3v) is 4.88. The van der Waals surface area contributed by atoms with Crippen LogP contribution in [0.15, 0.2) is 12.1 Å². The molecule has 0 radical (unpaired) electrons. The van der Waals surface area contributed by atoms with Crippen molar-refractivity contribution in [1.29, 1.82) is 0 Å². The lowest BCUT2D eigenvalue weighted by Crippen LogP contribution is -2.28. The average Bonchev–Trinajstić information content (AvgIpc) is 2.40. The molecule has 0 aromatic heterocycles. The molecule has 2 rings (SSSR count). The average molecular weight is 318 g/mol. The molecule has 1 aromatic carbocycles. The molecule has 0 heterocycles. The van der Waals surface area contributed by atoms with E-state index >= 15 is 0 Å². The van der Waals surface area contributed by atoms with Gasteiger partial charge in [0.15, 0.2) is 0 Å². The van der Waals surface area contributed by atoms with Crippen LogP contribution in [-0.4, -0.2) is 6.54 Å². The highest BCUT2D eigenvalue weighted by Gasteiger charge is 2.20. The Labute approximate surface area is 130 Å². The fourth-order valence-electron chi connectivity index (χ4n) is 3.07. The Morgan fingerprint density at radius 2 is 2.05 bits per heavy atom. The minimum Gasteiger partial charge on any atom is -0.310 e. The van der Waals surface area contributed by atoms with E-state index in [2.05, 4.69) is 12.2 Å². The minimum atomic E-state index is -0.411. The third kappa shape index (κ3) is 4.09. The normalized spacial score (nSPS) is 24.6. The zero-order chi connectivity index (χ0) is 14.7. The summed E-state index contributed by atoms with van der Waals surface area (Å²) in [7, 11) is 0. The molecule has 0 amide bonds. The van der Waals surface area contributed by atoms with Gasteiger partial charge < -0.3 is 5.32 Å². The van der Waals surface area contributed by atoms with Crippen molar-refractivity contribution in [3.8, 4) is 0 Å². The maximum atomic E-state index is 13.5. The Morgan fingerprint density at radius 1 is 1.30 bits per heavy atom. The van der Waals surface area contributed by atoms with Crippen molar-refractivity contribution in [2.45, 2.75) is 45.6 Å². The van der Waals surface area contributed by atoms with Crippen LogP contribution in [0.5, 0.6) is 0 Å². The van der Waals surface area contributed by atoms with Crippen LogP contribution in [0.4, 0.5) is 4.39 Å². The molecule has 3 unspecified atom stereocenters. The molecule has 0 spiro atoms. The maximum Gasteiger partial charge on any atom is 0.142 e. The van der Waals surface area contributed by atoms with Gasteiger partial charge in [-0.05, 0) is 55.8 Å². The van der Waals surface area contributed by atoms with Crippen molar-refractivity contribution >= 4 is 23.2 Å². The summed E-state index contributed by atoms with van der Waals surface area (Å²) in [4.78, 5) is 0. The molecule has 1 nitrogen and oxygen atoms in total. The summed E-state index contributed by atoms with van der Waals surface area (Å²) < 4.78 is 13.5. The summed E-state index contributed by atoms with van der Waals surface area (Å²) in [5, 5.41) is 4.08. The summed E-state index contributed by atoms with van der Waals surface area (Å²) in [6, 6.07) is 2.95. The molecule has 112 valence electrons. The fourth-order valence-corrected chi connectivity index (χ4v) is 3.62. The first-order valence-corrected chi connectivity index (χ1v) is 8.10. The third-order valence-electron chi connectivity index (χ3n) is 4.26. The summed E-state index contributed by atoms with van der Waals surface area (Å²) in [5.41, 5.74) is 0.775. The summed E-state index contributed by atoms with van der Waals surface area (Å²) in [6.07, 6.45) is 5.23. The van der Waals surface area contributed by atoms with Crippen molar-refractivity contribution in [3.05, 3.63) is 33.6 Å². The Balaban J connectivity index is 1.94. The van der Waals surface area contributed by atoms with Gasteiger partial charge in [-0.3, -0.25) is 0 Å². The van der Waals surface area contributed by atoms with E-state index in [4.69, 9.17) is 23.2 Å². The molecule has 1 aromatic rings. The zero-order valence-corrected chi connectivity index (χ0v) is 13.6. The molecule has 1 saturated carbocycles. The summed E-state index contributed by atoms with van der Waals surface area (Å²) in [5.74, 6) is 1.13. The first-order valence-electron chi connectivity index (χ1n) is 7.35. The second-order valence-electron chi connectivity index (χ2n) is 6.06. The largest absolute Gasteiger partial charge is 0.310 e. The summed E-state index contributed by atoms with van der Waals surface area (Å²) in [6.45, 7) is 5.30. The number of hydrogen-bond acceptors (Lipinski definition) is 1. The molecule has 0 bridgehead atoms. The van der Waals surface area contributed by atoms with Gasteiger partial charge in [0.05, 0.1) is 5.02 Å². The smallest absolute Gasteiger partial charge is 0.142 e. The predicted octanol–water partition coefficient (Wildman–Crippen LogP) is 5.61. The Hall–Kier alpha value is -0.310. The number of halogens is 3. The van der Waals surface area contributed by atoms with Crippen LogP contribution in [0.2, 0.25) is 10.0 Å². The van der Waals surface area contributed by atoms with E-state index in [0.717, 1.165) is 23.9 Å². The number of nitrogens with one attached hydrogen (secondary N) is 1. The van der Waals surface area contributed by atoms with Gasteiger partial charge in [-0.25, -0.2) is 4.39 Å². The number of rotatable bonds is 4. The molecule has 4 heteroatoms. The van der Waals surface area contributed by atoms with Gasteiger partial charge in [-0.1, -0.05) is 43.0 Å². The molecule has 0 aliphatic heterocycles. The van der Waals surface area contributed by atoms with Crippen LogP contribution in [0.3, 0.4) is 0 Å². The molecule has 1 aliphatic rings. The second-order valence-corrected chi connectivity index (χ2v) is 6.87. The predicted molar refractivity (Wildman–Crippen MR) is 84.0 cm³/mol. The topological polar surface area (TPSA) is 12.0 Å². The summed E-state index contributed by atoms with van der Waals surface area (Å²) >= 11 is 11.9. The van der Waals surface area contributed by atoms with E-state index in [1.807, 2.05) is 6.92 Å². The van der Waals surface area contributed by atoms with Crippen molar-refractivity contribution in [3.63, 3.8) is 0 Å². The van der Waals surface area contributed by atoms with Crippen LogP contribution in [0, 0.1) is 17.7 Å². The highest BCUT2D eigenvalue weighted by Crippen LogP contribution is 2.31. The van der Waals surface area contributed by atoms with Crippen LogP contribution >= 0.6 is 23.2 Å². The molecule has 0 saturated heterocycles. The SMILES string of the molecule is CC1CCCC(CNC(C)c2cc(F)c(Cl)cc2Cl)C1. The molecule has 1 N–H and O–H groups in total. The van der Waals surface area contributed by atoms with E-state index in [1.54, 1.807) is 0 Å². The Morgan fingerprint density at radius 3 is 2.75 bits per heavy atom. The lowest BCUT2D eigenvalue weighted by Gasteiger charge is -2.28. The maximum absolute atomic E-state index is 13.5. The zero-order valence-electron chi connectivity index (χ0n) is 12.1. The molecule has 3 atom stereocenters. The van der Waals surface area contributed by atoms with E-state index in [9.17, 15) is 4.39 Å². The highest BCUT2D eigenvalue weighted by molar-refractivity contribution is 6.35. The molecule has 1 fully saturated rings. The van der Waals surface area contributed by atoms with Gasteiger partial charge in [-0.15, -0.1) is 0 Å². The quantitative estimate of drug-likeness (QED) is 0.712. The molecule has 1 aliphatic carbocycles.